The quantitative estimate of drug-likeness (QED) is 0.279. The summed E-state index contributed by atoms with van der Waals surface area (Å²) in [5, 5.41) is 0. The number of Topliss-reactive ketones (excluding diaryl/α,β-unsaturated/α-hetero) is 2. The third-order valence-corrected chi connectivity index (χ3v) is 10.3. The van der Waals surface area contributed by atoms with Crippen LogP contribution in [-0.4, -0.2) is 11.6 Å². The first kappa shape index (κ1) is 21.8. The predicted molar refractivity (Wildman–Crippen MR) is 147 cm³/mol. The van der Waals surface area contributed by atoms with E-state index in [1.54, 1.807) is 0 Å². The number of fused-ring (bicyclic) bond motifs is 12. The molecule has 5 aliphatic rings. The molecule has 1 fully saturated rings. The number of hydrogen-bond donors (Lipinski definition) is 0. The van der Waals surface area contributed by atoms with E-state index in [-0.39, 0.29) is 35.2 Å². The van der Waals surface area contributed by atoms with E-state index in [0.717, 1.165) is 11.1 Å². The lowest BCUT2D eigenvalue weighted by atomic mass is 9.45. The summed E-state index contributed by atoms with van der Waals surface area (Å²) < 4.78 is 7.53. The highest BCUT2D eigenvalue weighted by molar-refractivity contribution is 6.16. The van der Waals surface area contributed by atoms with Crippen LogP contribution in [0.3, 0.4) is 0 Å². The molecule has 3 heteroatoms. The average molecular weight is 507 g/mol. The Morgan fingerprint density at radius 1 is 0.513 bits per heavy atom. The Labute approximate surface area is 227 Å². The van der Waals surface area contributed by atoms with Crippen LogP contribution in [0, 0.1) is 23.7 Å². The van der Waals surface area contributed by atoms with Crippen LogP contribution in [0.15, 0.2) is 120 Å². The van der Waals surface area contributed by atoms with E-state index < -0.39 is 11.2 Å². The summed E-state index contributed by atoms with van der Waals surface area (Å²) in [6, 6.07) is 37.3. The van der Waals surface area contributed by atoms with Crippen LogP contribution in [0.25, 0.3) is 0 Å². The van der Waals surface area contributed by atoms with Crippen LogP contribution in [0.4, 0.5) is 0 Å². The second-order valence-electron chi connectivity index (χ2n) is 11.8. The normalized spacial score (nSPS) is 33.0. The van der Waals surface area contributed by atoms with E-state index in [0.29, 0.717) is 24.0 Å². The number of carbonyl (C=O) groups excluding carboxylic acids is 2. The first-order valence-corrected chi connectivity index (χ1v) is 14.0. The summed E-state index contributed by atoms with van der Waals surface area (Å²) in [5.41, 5.74) is 7.41. The number of rotatable bonds is 2. The lowest BCUT2D eigenvalue weighted by Crippen LogP contribution is -2.53. The molecule has 188 valence electrons. The molecular formula is C36H26O3. The minimum absolute atomic E-state index is 0.126. The maximum absolute atomic E-state index is 13.8. The van der Waals surface area contributed by atoms with Crippen LogP contribution in [0.1, 0.15) is 55.8 Å². The van der Waals surface area contributed by atoms with Gasteiger partial charge in [-0.3, -0.25) is 9.59 Å². The Balaban J connectivity index is 1.28. The molecule has 39 heavy (non-hydrogen) atoms. The summed E-state index contributed by atoms with van der Waals surface area (Å²) >= 11 is 0. The van der Waals surface area contributed by atoms with Gasteiger partial charge in [0.15, 0.2) is 11.6 Å². The number of ether oxygens (including phenoxy) is 1. The molecule has 1 saturated heterocycles. The minimum Gasteiger partial charge on any atom is -0.348 e. The third-order valence-electron chi connectivity index (χ3n) is 10.3. The molecule has 3 nitrogen and oxygen atoms in total. The Morgan fingerprint density at radius 2 is 0.897 bits per heavy atom. The first-order chi connectivity index (χ1) is 19.2. The lowest BCUT2D eigenvalue weighted by molar-refractivity contribution is -0.0507. The Bertz CT molecular complexity index is 1630. The monoisotopic (exact) mass is 506 g/mol. The highest BCUT2D eigenvalue weighted by Crippen LogP contribution is 2.77. The molecule has 4 unspecified atom stereocenters. The fourth-order valence-electron chi connectivity index (χ4n) is 8.92. The van der Waals surface area contributed by atoms with Gasteiger partial charge in [-0.05, 0) is 35.1 Å². The van der Waals surface area contributed by atoms with Crippen molar-refractivity contribution in [3.05, 3.63) is 154 Å². The van der Waals surface area contributed by atoms with Crippen molar-refractivity contribution in [3.63, 3.8) is 0 Å². The van der Waals surface area contributed by atoms with E-state index in [9.17, 15) is 9.59 Å². The molecule has 6 atom stereocenters. The topological polar surface area (TPSA) is 43.4 Å². The highest BCUT2D eigenvalue weighted by atomic mass is 16.5. The highest BCUT2D eigenvalue weighted by Gasteiger charge is 2.76. The molecule has 2 heterocycles. The van der Waals surface area contributed by atoms with Crippen LogP contribution in [0.5, 0.6) is 0 Å². The van der Waals surface area contributed by atoms with Crippen molar-refractivity contribution in [1.82, 2.24) is 0 Å². The van der Waals surface area contributed by atoms with Crippen molar-refractivity contribution >= 4 is 11.6 Å². The van der Waals surface area contributed by atoms with E-state index in [2.05, 4.69) is 84.9 Å². The Kier molecular flexibility index (Phi) is 4.09. The van der Waals surface area contributed by atoms with Crippen LogP contribution in [-0.2, 0) is 15.9 Å². The number of carbonyl (C=O) groups is 2. The molecule has 0 radical (unpaired) electrons. The van der Waals surface area contributed by atoms with Gasteiger partial charge in [-0.15, -0.1) is 0 Å². The largest absolute Gasteiger partial charge is 0.348 e. The number of benzene rings is 4. The summed E-state index contributed by atoms with van der Waals surface area (Å²) in [4.78, 5) is 27.5. The van der Waals surface area contributed by atoms with Gasteiger partial charge < -0.3 is 4.74 Å². The molecule has 9 rings (SSSR count). The molecule has 4 aromatic rings. The van der Waals surface area contributed by atoms with Gasteiger partial charge in [-0.2, -0.15) is 0 Å². The van der Waals surface area contributed by atoms with Crippen LogP contribution in [0.2, 0.25) is 0 Å². The molecule has 0 amide bonds. The Hall–Kier alpha value is -4.08. The SMILES string of the molecule is O=C1c2ccccc2C(=O)[C@@H]2CC3=C(C[C@H]12)C1C3C2(c3ccccc3)OC1(c1ccccc1)c1ccccc12. The van der Waals surface area contributed by atoms with E-state index in [1.807, 2.05) is 24.3 Å². The second-order valence-corrected chi connectivity index (χ2v) is 11.8. The van der Waals surface area contributed by atoms with Gasteiger partial charge in [0.05, 0.1) is 0 Å². The minimum atomic E-state index is -0.621. The van der Waals surface area contributed by atoms with Gasteiger partial charge in [-0.1, -0.05) is 120 Å². The first-order valence-electron chi connectivity index (χ1n) is 14.0. The molecule has 4 aromatic carbocycles. The second kappa shape index (κ2) is 7.31. The maximum atomic E-state index is 13.8. The molecule has 2 aliphatic heterocycles. The predicted octanol–water partition coefficient (Wildman–Crippen LogP) is 6.87. The van der Waals surface area contributed by atoms with Gasteiger partial charge >= 0.3 is 0 Å². The van der Waals surface area contributed by atoms with E-state index in [4.69, 9.17) is 4.74 Å². The van der Waals surface area contributed by atoms with Gasteiger partial charge in [0.1, 0.15) is 11.2 Å². The molecule has 0 N–H and O–H groups in total. The fourth-order valence-corrected chi connectivity index (χ4v) is 8.92. The van der Waals surface area contributed by atoms with Crippen molar-refractivity contribution in [2.75, 3.05) is 0 Å². The van der Waals surface area contributed by atoms with E-state index >= 15 is 0 Å². The Morgan fingerprint density at radius 3 is 1.33 bits per heavy atom. The van der Waals surface area contributed by atoms with Gasteiger partial charge in [-0.25, -0.2) is 0 Å². The van der Waals surface area contributed by atoms with Crippen molar-refractivity contribution in [1.29, 1.82) is 0 Å². The van der Waals surface area contributed by atoms with E-state index in [1.165, 1.54) is 22.3 Å². The third kappa shape index (κ3) is 2.40. The van der Waals surface area contributed by atoms with Crippen LogP contribution >= 0.6 is 0 Å². The molecule has 0 saturated carbocycles. The summed E-state index contributed by atoms with van der Waals surface area (Å²) in [7, 11) is 0. The zero-order chi connectivity index (χ0) is 25.9. The van der Waals surface area contributed by atoms with Gasteiger partial charge in [0.2, 0.25) is 0 Å². The lowest BCUT2D eigenvalue weighted by Gasteiger charge is -2.55. The molecule has 0 spiro atoms. The van der Waals surface area contributed by atoms with Gasteiger partial charge in [0, 0.05) is 34.8 Å². The molecule has 0 aromatic heterocycles. The van der Waals surface area contributed by atoms with Crippen molar-refractivity contribution in [3.8, 4) is 0 Å². The van der Waals surface area contributed by atoms with Gasteiger partial charge in [0.25, 0.3) is 0 Å². The van der Waals surface area contributed by atoms with Crippen molar-refractivity contribution in [2.24, 2.45) is 23.7 Å². The molecule has 2 bridgehead atoms. The standard InChI is InChI=1S/C36H26O3/c37-33-23-15-7-8-16-24(23)34(38)28-20-26-25(19-27(28)33)31-32(26)36(22-13-5-2-6-14-22)30-18-10-9-17-29(30)35(31,39-36)21-11-3-1-4-12-21/h1-18,27-28,31-32H,19-20H2/t27-,28+,31?,32?,35?,36?. The molecular weight excluding hydrogens is 480 g/mol. The van der Waals surface area contributed by atoms with Crippen molar-refractivity contribution < 1.29 is 14.3 Å². The summed E-state index contributed by atoms with van der Waals surface area (Å²) in [6.45, 7) is 0. The smallest absolute Gasteiger partial charge is 0.167 e. The number of ketones is 2. The molecule has 3 aliphatic carbocycles. The zero-order valence-corrected chi connectivity index (χ0v) is 21.3. The zero-order valence-electron chi connectivity index (χ0n) is 21.3. The summed E-state index contributed by atoms with van der Waals surface area (Å²) in [5.74, 6) is -0.0663. The summed E-state index contributed by atoms with van der Waals surface area (Å²) in [6.07, 6.45) is 1.29. The number of hydrogen-bond acceptors (Lipinski definition) is 3. The maximum Gasteiger partial charge on any atom is 0.167 e. The van der Waals surface area contributed by atoms with Crippen molar-refractivity contribution in [2.45, 2.75) is 24.0 Å². The average Bonchev–Trinajstić information content (AvgIpc) is 3.45. The van der Waals surface area contributed by atoms with Crippen LogP contribution < -0.4 is 0 Å². The fraction of sp³-hybridized carbons (Fsp3) is 0.222.